The molecule has 3 rings (SSSR count). The van der Waals surface area contributed by atoms with Gasteiger partial charge in [-0.1, -0.05) is 18.2 Å². The van der Waals surface area contributed by atoms with Crippen LogP contribution in [-0.4, -0.2) is 4.98 Å². The maximum absolute atomic E-state index is 13.1. The lowest BCUT2D eigenvalue weighted by Crippen LogP contribution is -2.02. The summed E-state index contributed by atoms with van der Waals surface area (Å²) < 4.78 is 14.0. The highest BCUT2D eigenvalue weighted by molar-refractivity contribution is 14.1. The van der Waals surface area contributed by atoms with Crippen LogP contribution in [0.2, 0.25) is 0 Å². The fourth-order valence-electron chi connectivity index (χ4n) is 2.17. The number of hydrogen-bond donors (Lipinski definition) is 1. The average molecular weight is 378 g/mol. The van der Waals surface area contributed by atoms with Crippen LogP contribution in [0, 0.1) is 9.39 Å². The quantitative estimate of drug-likeness (QED) is 0.675. The van der Waals surface area contributed by atoms with Gasteiger partial charge in [0.25, 0.3) is 0 Å². The lowest BCUT2D eigenvalue weighted by molar-refractivity contribution is 0.627. The summed E-state index contributed by atoms with van der Waals surface area (Å²) >= 11 is 2.13. The maximum Gasteiger partial charge on any atom is 0.124 e. The van der Waals surface area contributed by atoms with Crippen LogP contribution >= 0.6 is 22.6 Å². The molecule has 0 aliphatic rings. The van der Waals surface area contributed by atoms with Crippen molar-refractivity contribution in [1.82, 2.24) is 4.98 Å². The molecule has 0 aliphatic carbocycles. The molecule has 2 nitrogen and oxygen atoms in total. The fraction of sp³-hybridized carbons (Fsp3) is 0.0625. The molecule has 0 aliphatic heterocycles. The third-order valence-corrected chi connectivity index (χ3v) is 4.06. The van der Waals surface area contributed by atoms with Gasteiger partial charge in [-0.15, -0.1) is 0 Å². The van der Waals surface area contributed by atoms with Gasteiger partial charge in [0.15, 0.2) is 0 Å². The average Bonchev–Trinajstić information content (AvgIpc) is 2.46. The predicted molar refractivity (Wildman–Crippen MR) is 88.2 cm³/mol. The van der Waals surface area contributed by atoms with E-state index in [4.69, 9.17) is 0 Å². The maximum atomic E-state index is 13.1. The molecule has 0 saturated carbocycles. The number of hydrogen-bond acceptors (Lipinski definition) is 2. The Hall–Kier alpha value is -1.69. The zero-order chi connectivity index (χ0) is 13.9. The van der Waals surface area contributed by atoms with Crippen molar-refractivity contribution >= 4 is 39.1 Å². The first kappa shape index (κ1) is 13.3. The summed E-state index contributed by atoms with van der Waals surface area (Å²) in [6.45, 7) is 0.697. The number of halogens is 2. The normalized spacial score (nSPS) is 10.7. The Labute approximate surface area is 130 Å². The van der Waals surface area contributed by atoms with E-state index in [0.717, 1.165) is 14.6 Å². The van der Waals surface area contributed by atoms with Crippen molar-refractivity contribution in [2.24, 2.45) is 0 Å². The van der Waals surface area contributed by atoms with Crippen molar-refractivity contribution in [3.05, 3.63) is 69.8 Å². The smallest absolute Gasteiger partial charge is 0.124 e. The van der Waals surface area contributed by atoms with E-state index in [1.165, 1.54) is 23.1 Å². The monoisotopic (exact) mass is 378 g/mol. The first-order chi connectivity index (χ1) is 9.74. The molecular formula is C16H12FIN2. The second kappa shape index (κ2) is 5.75. The van der Waals surface area contributed by atoms with Crippen LogP contribution in [0.5, 0.6) is 0 Å². The number of nitrogens with zero attached hydrogens (tertiary/aromatic N) is 1. The summed E-state index contributed by atoms with van der Waals surface area (Å²) in [7, 11) is 0. The zero-order valence-corrected chi connectivity index (χ0v) is 12.8. The number of fused-ring (bicyclic) bond motifs is 1. The van der Waals surface area contributed by atoms with E-state index < -0.39 is 0 Å². The molecule has 0 bridgehead atoms. The topological polar surface area (TPSA) is 24.9 Å². The second-order valence-electron chi connectivity index (χ2n) is 4.49. The zero-order valence-electron chi connectivity index (χ0n) is 10.6. The number of benzene rings is 2. The van der Waals surface area contributed by atoms with Crippen LogP contribution in [0.3, 0.4) is 0 Å². The van der Waals surface area contributed by atoms with Crippen molar-refractivity contribution in [2.75, 3.05) is 5.32 Å². The molecular weight excluding hydrogens is 366 g/mol. The minimum atomic E-state index is -0.212. The molecule has 1 N–H and O–H groups in total. The number of anilines is 1. The highest BCUT2D eigenvalue weighted by atomic mass is 127. The van der Waals surface area contributed by atoms with Crippen LogP contribution in [0.1, 0.15) is 5.56 Å². The standard InChI is InChI=1S/C16H12FIN2/c17-13-4-5-16(15(18)8-13)20-10-12-3-1-2-11-9-19-7-6-14(11)12/h1-9,20H,10H2. The summed E-state index contributed by atoms with van der Waals surface area (Å²) in [6, 6.07) is 12.9. The summed E-state index contributed by atoms with van der Waals surface area (Å²) in [5.74, 6) is -0.212. The second-order valence-corrected chi connectivity index (χ2v) is 5.65. The predicted octanol–water partition coefficient (Wildman–Crippen LogP) is 4.59. The van der Waals surface area contributed by atoms with E-state index in [1.807, 2.05) is 24.4 Å². The Morgan fingerprint density at radius 2 is 2.05 bits per heavy atom. The van der Waals surface area contributed by atoms with Crippen molar-refractivity contribution in [1.29, 1.82) is 0 Å². The molecule has 0 spiro atoms. The minimum Gasteiger partial charge on any atom is -0.380 e. The van der Waals surface area contributed by atoms with Crippen molar-refractivity contribution in [2.45, 2.75) is 6.54 Å². The Bertz CT molecular complexity index is 753. The highest BCUT2D eigenvalue weighted by Gasteiger charge is 2.03. The molecule has 1 aromatic heterocycles. The molecule has 20 heavy (non-hydrogen) atoms. The van der Waals surface area contributed by atoms with Crippen LogP contribution < -0.4 is 5.32 Å². The van der Waals surface area contributed by atoms with Crippen LogP contribution in [0.25, 0.3) is 10.8 Å². The van der Waals surface area contributed by atoms with Gasteiger partial charge < -0.3 is 5.32 Å². The van der Waals surface area contributed by atoms with Crippen molar-refractivity contribution in [3.8, 4) is 0 Å². The summed E-state index contributed by atoms with van der Waals surface area (Å²) in [4.78, 5) is 4.13. The summed E-state index contributed by atoms with van der Waals surface area (Å²) in [6.07, 6.45) is 3.66. The van der Waals surface area contributed by atoms with Crippen molar-refractivity contribution < 1.29 is 4.39 Å². The van der Waals surface area contributed by atoms with Gasteiger partial charge in [0.2, 0.25) is 0 Å². The number of aromatic nitrogens is 1. The first-order valence-corrected chi connectivity index (χ1v) is 7.32. The van der Waals surface area contributed by atoms with Gasteiger partial charge in [-0.25, -0.2) is 4.39 Å². The van der Waals surface area contributed by atoms with E-state index in [9.17, 15) is 4.39 Å². The van der Waals surface area contributed by atoms with E-state index in [1.54, 1.807) is 12.3 Å². The van der Waals surface area contributed by atoms with Gasteiger partial charge in [0, 0.05) is 33.6 Å². The molecule has 0 atom stereocenters. The van der Waals surface area contributed by atoms with Crippen LogP contribution in [0.4, 0.5) is 10.1 Å². The van der Waals surface area contributed by atoms with Gasteiger partial charge in [0.1, 0.15) is 5.82 Å². The van der Waals surface area contributed by atoms with Crippen LogP contribution in [-0.2, 0) is 6.54 Å². The lowest BCUT2D eigenvalue weighted by Gasteiger charge is -2.10. The Morgan fingerprint density at radius 1 is 1.15 bits per heavy atom. The third kappa shape index (κ3) is 2.75. The van der Waals surface area contributed by atoms with Gasteiger partial charge in [-0.2, -0.15) is 0 Å². The fourth-order valence-corrected chi connectivity index (χ4v) is 2.84. The van der Waals surface area contributed by atoms with Crippen LogP contribution in [0.15, 0.2) is 54.9 Å². The third-order valence-electron chi connectivity index (χ3n) is 3.17. The number of nitrogens with one attached hydrogen (secondary N) is 1. The SMILES string of the molecule is Fc1ccc(NCc2cccc3cnccc23)c(I)c1. The molecule has 0 amide bonds. The highest BCUT2D eigenvalue weighted by Crippen LogP contribution is 2.22. The molecule has 4 heteroatoms. The first-order valence-electron chi connectivity index (χ1n) is 6.24. The van der Waals surface area contributed by atoms with Gasteiger partial charge >= 0.3 is 0 Å². The molecule has 1 heterocycles. The van der Waals surface area contributed by atoms with E-state index in [0.29, 0.717) is 6.54 Å². The Kier molecular flexibility index (Phi) is 3.82. The molecule has 0 unspecified atom stereocenters. The van der Waals surface area contributed by atoms with Crippen molar-refractivity contribution in [3.63, 3.8) is 0 Å². The minimum absolute atomic E-state index is 0.212. The lowest BCUT2D eigenvalue weighted by atomic mass is 10.1. The van der Waals surface area contributed by atoms with E-state index in [-0.39, 0.29) is 5.82 Å². The number of pyridine rings is 1. The summed E-state index contributed by atoms with van der Waals surface area (Å²) in [5, 5.41) is 5.67. The molecule has 0 radical (unpaired) electrons. The van der Waals surface area contributed by atoms with Gasteiger partial charge in [0.05, 0.1) is 0 Å². The van der Waals surface area contributed by atoms with Gasteiger partial charge in [-0.05, 0) is 57.8 Å². The summed E-state index contributed by atoms with van der Waals surface area (Å²) in [5.41, 5.74) is 2.14. The molecule has 0 saturated heterocycles. The molecule has 3 aromatic rings. The van der Waals surface area contributed by atoms with E-state index in [2.05, 4.69) is 39.0 Å². The van der Waals surface area contributed by atoms with Gasteiger partial charge in [-0.3, -0.25) is 4.98 Å². The Balaban J connectivity index is 1.87. The number of rotatable bonds is 3. The van der Waals surface area contributed by atoms with E-state index >= 15 is 0 Å². The molecule has 0 fully saturated rings. The molecule has 100 valence electrons. The Morgan fingerprint density at radius 3 is 2.90 bits per heavy atom. The largest absolute Gasteiger partial charge is 0.380 e. The molecule has 2 aromatic carbocycles.